The lowest BCUT2D eigenvalue weighted by Crippen LogP contribution is -2.30. The van der Waals surface area contributed by atoms with Crippen molar-refractivity contribution in [3.05, 3.63) is 0 Å². The summed E-state index contributed by atoms with van der Waals surface area (Å²) >= 11 is 0. The Morgan fingerprint density at radius 3 is 0.870 bits per heavy atom. The average Bonchev–Trinajstić information content (AvgIpc) is 3.32. The smallest absolute Gasteiger partial charge is 0.462 e. The molecule has 408 valence electrons. The van der Waals surface area contributed by atoms with E-state index in [1.165, 1.54) is 57.8 Å². The number of esters is 4. The van der Waals surface area contributed by atoms with Gasteiger partial charge in [-0.05, 0) is 25.7 Å². The molecule has 3 N–H and O–H groups in total. The molecule has 0 fully saturated rings. The summed E-state index contributed by atoms with van der Waals surface area (Å²) in [6, 6.07) is 0. The number of aliphatic hydroxyl groups is 1. The Balaban J connectivity index is 5.13. The third-order valence-corrected chi connectivity index (χ3v) is 13.3. The van der Waals surface area contributed by atoms with E-state index in [9.17, 15) is 43.2 Å². The Kier molecular flexibility index (Phi) is 44.6. The van der Waals surface area contributed by atoms with Gasteiger partial charge in [0.15, 0.2) is 12.2 Å². The predicted molar refractivity (Wildman–Crippen MR) is 266 cm³/mol. The highest BCUT2D eigenvalue weighted by Crippen LogP contribution is 2.45. The number of aliphatic hydroxyl groups excluding tert-OH is 1. The van der Waals surface area contributed by atoms with Gasteiger partial charge in [-0.3, -0.25) is 37.3 Å². The number of ether oxygens (including phenoxy) is 4. The first-order chi connectivity index (χ1) is 33.2. The molecule has 0 amide bonds. The first kappa shape index (κ1) is 67.1. The zero-order valence-electron chi connectivity index (χ0n) is 43.3. The van der Waals surface area contributed by atoms with Gasteiger partial charge in [-0.15, -0.1) is 0 Å². The van der Waals surface area contributed by atoms with Crippen LogP contribution < -0.4 is 0 Å². The SMILES string of the molecule is CCCCCCCCCCCCCC(=O)O[C@H](COC(=O)CCCCCCCCCC)COP(=O)(O)OC[C@H](O)COP(=O)(O)OC[C@@H](COC(=O)CCCCCCCC)OC(=O)CCCCCC. The van der Waals surface area contributed by atoms with Crippen LogP contribution in [0.2, 0.25) is 0 Å². The first-order valence-electron chi connectivity index (χ1n) is 26.8. The van der Waals surface area contributed by atoms with Crippen molar-refractivity contribution in [3.8, 4) is 0 Å². The Morgan fingerprint density at radius 1 is 0.348 bits per heavy atom. The normalized spacial score (nSPS) is 14.6. The van der Waals surface area contributed by atoms with Crippen molar-refractivity contribution in [1.29, 1.82) is 0 Å². The van der Waals surface area contributed by atoms with Crippen LogP contribution in [0.25, 0.3) is 0 Å². The van der Waals surface area contributed by atoms with E-state index in [4.69, 9.17) is 37.0 Å². The van der Waals surface area contributed by atoms with E-state index in [2.05, 4.69) is 20.8 Å². The number of rotatable bonds is 51. The van der Waals surface area contributed by atoms with Gasteiger partial charge in [-0.1, -0.05) is 188 Å². The van der Waals surface area contributed by atoms with Gasteiger partial charge < -0.3 is 33.8 Å². The number of carbonyl (C=O) groups is 4. The zero-order chi connectivity index (χ0) is 51.3. The largest absolute Gasteiger partial charge is 0.472 e. The maximum atomic E-state index is 12.8. The quantitative estimate of drug-likeness (QED) is 0.0222. The van der Waals surface area contributed by atoms with E-state index >= 15 is 0 Å². The van der Waals surface area contributed by atoms with Crippen LogP contribution in [0.3, 0.4) is 0 Å². The van der Waals surface area contributed by atoms with Gasteiger partial charge in [0.05, 0.1) is 26.4 Å². The zero-order valence-corrected chi connectivity index (χ0v) is 45.0. The predicted octanol–water partition coefficient (Wildman–Crippen LogP) is 12.5. The van der Waals surface area contributed by atoms with E-state index in [0.717, 1.165) is 103 Å². The van der Waals surface area contributed by atoms with Crippen molar-refractivity contribution in [1.82, 2.24) is 0 Å². The van der Waals surface area contributed by atoms with E-state index in [-0.39, 0.29) is 25.7 Å². The Hall–Kier alpha value is -1.94. The molecule has 0 bridgehead atoms. The molecule has 0 rings (SSSR count). The molecule has 2 unspecified atom stereocenters. The summed E-state index contributed by atoms with van der Waals surface area (Å²) in [5.74, 6) is -2.18. The Labute approximate surface area is 416 Å². The number of hydrogen-bond acceptors (Lipinski definition) is 15. The summed E-state index contributed by atoms with van der Waals surface area (Å²) in [4.78, 5) is 70.9. The Bertz CT molecular complexity index is 1370. The number of phosphoric acid groups is 2. The van der Waals surface area contributed by atoms with Crippen LogP contribution in [0.4, 0.5) is 0 Å². The molecule has 0 saturated heterocycles. The topological polar surface area (TPSA) is 237 Å². The third-order valence-electron chi connectivity index (χ3n) is 11.4. The fourth-order valence-electron chi connectivity index (χ4n) is 7.16. The van der Waals surface area contributed by atoms with Gasteiger partial charge in [0.1, 0.15) is 19.3 Å². The van der Waals surface area contributed by atoms with Gasteiger partial charge >= 0.3 is 39.5 Å². The molecule has 0 aromatic carbocycles. The molecule has 0 aromatic rings. The monoisotopic (exact) mass is 1030 g/mol. The van der Waals surface area contributed by atoms with E-state index in [0.29, 0.717) is 25.7 Å². The molecule has 0 aromatic heterocycles. The molecule has 0 saturated carbocycles. The highest BCUT2D eigenvalue weighted by Gasteiger charge is 2.30. The van der Waals surface area contributed by atoms with Crippen molar-refractivity contribution in [2.24, 2.45) is 0 Å². The van der Waals surface area contributed by atoms with Gasteiger partial charge in [0.2, 0.25) is 0 Å². The van der Waals surface area contributed by atoms with Crippen LogP contribution in [-0.2, 0) is 65.4 Å². The van der Waals surface area contributed by atoms with E-state index in [1.54, 1.807) is 0 Å². The van der Waals surface area contributed by atoms with Crippen LogP contribution in [0.5, 0.6) is 0 Å². The highest BCUT2D eigenvalue weighted by molar-refractivity contribution is 7.47. The van der Waals surface area contributed by atoms with Crippen molar-refractivity contribution in [2.75, 3.05) is 39.6 Å². The third kappa shape index (κ3) is 45.7. The van der Waals surface area contributed by atoms with Crippen LogP contribution >= 0.6 is 15.6 Å². The minimum atomic E-state index is -4.92. The summed E-state index contributed by atoms with van der Waals surface area (Å²) in [5.41, 5.74) is 0. The summed E-state index contributed by atoms with van der Waals surface area (Å²) in [6.07, 6.45) is 26.1. The molecule has 0 aliphatic rings. The first-order valence-corrected chi connectivity index (χ1v) is 29.8. The maximum Gasteiger partial charge on any atom is 0.472 e. The van der Waals surface area contributed by atoms with Crippen molar-refractivity contribution >= 4 is 39.5 Å². The van der Waals surface area contributed by atoms with Crippen molar-refractivity contribution < 1.29 is 80.2 Å². The van der Waals surface area contributed by atoms with Crippen LogP contribution in [0.15, 0.2) is 0 Å². The van der Waals surface area contributed by atoms with Crippen molar-refractivity contribution in [2.45, 2.75) is 258 Å². The number of carbonyl (C=O) groups excluding carboxylic acids is 4. The molecule has 0 aliphatic heterocycles. The summed E-state index contributed by atoms with van der Waals surface area (Å²) in [5, 5.41) is 10.4. The lowest BCUT2D eigenvalue weighted by atomic mass is 10.1. The molecular formula is C50H96O17P2. The van der Waals surface area contributed by atoms with Crippen LogP contribution in [-0.4, -0.2) is 96.7 Å². The standard InChI is InChI=1S/C50H96O17P2/c1-5-9-13-17-20-22-23-24-26-29-33-37-50(55)67-46(41-61-48(53)35-32-28-25-21-18-14-10-6-2)43-65-69(58,59)63-39-44(51)38-62-68(56,57)64-42-45(66-49(54)36-30-16-12-8-4)40-60-47(52)34-31-27-19-15-11-7-3/h44-46,51H,5-43H2,1-4H3,(H,56,57)(H,58,59)/t44-,45-,46-/m1/s1. The molecule has 19 heteroatoms. The molecule has 0 heterocycles. The Morgan fingerprint density at radius 2 is 0.580 bits per heavy atom. The number of unbranched alkanes of at least 4 members (excludes halogenated alkanes) is 25. The van der Waals surface area contributed by atoms with Crippen LogP contribution in [0.1, 0.15) is 240 Å². The molecule has 69 heavy (non-hydrogen) atoms. The van der Waals surface area contributed by atoms with Gasteiger partial charge in [-0.2, -0.15) is 0 Å². The fraction of sp³-hybridized carbons (Fsp3) is 0.920. The number of hydrogen-bond donors (Lipinski definition) is 3. The van der Waals surface area contributed by atoms with Crippen molar-refractivity contribution in [3.63, 3.8) is 0 Å². The molecule has 17 nitrogen and oxygen atoms in total. The second-order valence-electron chi connectivity index (χ2n) is 18.2. The lowest BCUT2D eigenvalue weighted by Gasteiger charge is -2.21. The summed E-state index contributed by atoms with van der Waals surface area (Å²) < 4.78 is 66.9. The van der Waals surface area contributed by atoms with Gasteiger partial charge in [-0.25, -0.2) is 9.13 Å². The summed E-state index contributed by atoms with van der Waals surface area (Å²) in [6.45, 7) is 4.56. The lowest BCUT2D eigenvalue weighted by molar-refractivity contribution is -0.161. The minimum absolute atomic E-state index is 0.0955. The second-order valence-corrected chi connectivity index (χ2v) is 21.1. The van der Waals surface area contributed by atoms with Gasteiger partial charge in [0, 0.05) is 25.7 Å². The summed E-state index contributed by atoms with van der Waals surface area (Å²) in [7, 11) is -9.83. The van der Waals surface area contributed by atoms with Crippen LogP contribution in [0, 0.1) is 0 Å². The molecular weight excluding hydrogens is 934 g/mol. The maximum absolute atomic E-state index is 12.8. The fourth-order valence-corrected chi connectivity index (χ4v) is 8.74. The molecule has 5 atom stereocenters. The highest BCUT2D eigenvalue weighted by atomic mass is 31.2. The number of phosphoric ester groups is 2. The molecule has 0 aliphatic carbocycles. The minimum Gasteiger partial charge on any atom is -0.462 e. The van der Waals surface area contributed by atoms with E-state index in [1.807, 2.05) is 6.92 Å². The average molecular weight is 1030 g/mol. The van der Waals surface area contributed by atoms with Gasteiger partial charge in [0.25, 0.3) is 0 Å². The second kappa shape index (κ2) is 45.9. The van der Waals surface area contributed by atoms with E-state index < -0.39 is 97.5 Å². The molecule has 0 radical (unpaired) electrons. The molecule has 0 spiro atoms.